The zero-order valence-corrected chi connectivity index (χ0v) is 14.7. The number of amides is 2. The monoisotopic (exact) mass is 363 g/mol. The maximum absolute atomic E-state index is 14.1. The van der Waals surface area contributed by atoms with Crippen molar-refractivity contribution >= 4 is 23.2 Å². The molecule has 3 aromatic rings. The first-order chi connectivity index (χ1) is 13.0. The number of halogens is 1. The van der Waals surface area contributed by atoms with E-state index in [-0.39, 0.29) is 18.4 Å². The molecule has 2 aromatic carbocycles. The van der Waals surface area contributed by atoms with E-state index in [2.05, 4.69) is 10.3 Å². The summed E-state index contributed by atoms with van der Waals surface area (Å²) in [5.74, 6) is -1.01. The Hall–Kier alpha value is -3.54. The number of carbonyl (C=O) groups is 2. The molecular weight excluding hydrogens is 345 g/mol. The minimum atomic E-state index is -0.395. The maximum atomic E-state index is 14.1. The minimum Gasteiger partial charge on any atom is -0.325 e. The Kier molecular flexibility index (Phi) is 5.56. The molecule has 0 aliphatic carbocycles. The molecule has 2 amide bonds. The first kappa shape index (κ1) is 18.3. The lowest BCUT2D eigenvalue weighted by Gasteiger charge is -2.20. The molecule has 0 unspecified atom stereocenters. The topological polar surface area (TPSA) is 62.3 Å². The normalized spacial score (nSPS) is 10.3. The molecule has 1 aromatic heterocycles. The lowest BCUT2D eigenvalue weighted by Crippen LogP contribution is -2.36. The van der Waals surface area contributed by atoms with E-state index in [9.17, 15) is 14.0 Å². The van der Waals surface area contributed by atoms with Gasteiger partial charge in [-0.3, -0.25) is 14.6 Å². The highest BCUT2D eigenvalue weighted by atomic mass is 19.1. The Morgan fingerprint density at radius 1 is 1.04 bits per heavy atom. The van der Waals surface area contributed by atoms with Gasteiger partial charge in [-0.05, 0) is 48.0 Å². The zero-order chi connectivity index (χ0) is 19.2. The molecule has 136 valence electrons. The third-order valence-electron chi connectivity index (χ3n) is 3.99. The Labute approximate surface area is 156 Å². The van der Waals surface area contributed by atoms with Gasteiger partial charge in [-0.1, -0.05) is 18.2 Å². The number of carbonyl (C=O) groups excluding carboxylic acids is 2. The summed E-state index contributed by atoms with van der Waals surface area (Å²) < 4.78 is 14.1. The van der Waals surface area contributed by atoms with E-state index >= 15 is 0 Å². The number of aromatic nitrogens is 1. The number of benzene rings is 2. The number of hydrogen-bond donors (Lipinski definition) is 1. The summed E-state index contributed by atoms with van der Waals surface area (Å²) in [7, 11) is 0. The second-order valence-corrected chi connectivity index (χ2v) is 5.92. The molecule has 3 rings (SSSR count). The van der Waals surface area contributed by atoms with Gasteiger partial charge in [0.1, 0.15) is 12.4 Å². The third-order valence-corrected chi connectivity index (χ3v) is 3.99. The number of rotatable bonds is 5. The number of pyridine rings is 1. The summed E-state index contributed by atoms with van der Waals surface area (Å²) >= 11 is 0. The lowest BCUT2D eigenvalue weighted by atomic mass is 10.1. The van der Waals surface area contributed by atoms with Crippen LogP contribution in [0.25, 0.3) is 11.1 Å². The van der Waals surface area contributed by atoms with Crippen molar-refractivity contribution in [2.45, 2.75) is 6.92 Å². The fraction of sp³-hybridized carbons (Fsp3) is 0.0952. The van der Waals surface area contributed by atoms with Crippen molar-refractivity contribution in [1.29, 1.82) is 0 Å². The minimum absolute atomic E-state index is 0.138. The number of nitrogens with one attached hydrogen (secondary N) is 1. The summed E-state index contributed by atoms with van der Waals surface area (Å²) in [6.07, 6.45) is 3.15. The average molecular weight is 363 g/mol. The standard InChI is InChI=1S/C21H18FN3O2/c1-15(26)25(18-5-3-2-4-6-18)14-21(27)24-17-7-8-20(22)19(13-17)16-9-11-23-12-10-16/h2-13H,14H2,1H3,(H,24,27). The van der Waals surface area contributed by atoms with Crippen LogP contribution in [0.1, 0.15) is 6.92 Å². The predicted octanol–water partition coefficient (Wildman–Crippen LogP) is 3.88. The second-order valence-electron chi connectivity index (χ2n) is 5.92. The number of hydrogen-bond acceptors (Lipinski definition) is 3. The smallest absolute Gasteiger partial charge is 0.244 e. The second kappa shape index (κ2) is 8.23. The largest absolute Gasteiger partial charge is 0.325 e. The van der Waals surface area contributed by atoms with Gasteiger partial charge < -0.3 is 10.2 Å². The van der Waals surface area contributed by atoms with Crippen molar-refractivity contribution in [3.05, 3.63) is 78.9 Å². The SMILES string of the molecule is CC(=O)N(CC(=O)Nc1ccc(F)c(-c2ccncc2)c1)c1ccccc1. The van der Waals surface area contributed by atoms with E-state index < -0.39 is 5.82 Å². The van der Waals surface area contributed by atoms with Crippen molar-refractivity contribution in [2.75, 3.05) is 16.8 Å². The van der Waals surface area contributed by atoms with Crippen molar-refractivity contribution in [1.82, 2.24) is 4.98 Å². The van der Waals surface area contributed by atoms with Gasteiger partial charge in [0.25, 0.3) is 0 Å². The molecule has 27 heavy (non-hydrogen) atoms. The van der Waals surface area contributed by atoms with E-state index in [1.54, 1.807) is 54.9 Å². The van der Waals surface area contributed by atoms with Gasteiger partial charge in [0.05, 0.1) is 0 Å². The zero-order valence-electron chi connectivity index (χ0n) is 14.7. The van der Waals surface area contributed by atoms with Crippen LogP contribution in [0.5, 0.6) is 0 Å². The predicted molar refractivity (Wildman–Crippen MR) is 103 cm³/mol. The Morgan fingerprint density at radius 2 is 1.74 bits per heavy atom. The summed E-state index contributed by atoms with van der Waals surface area (Å²) in [4.78, 5) is 29.6. The van der Waals surface area contributed by atoms with Gasteiger partial charge in [0, 0.05) is 36.3 Å². The van der Waals surface area contributed by atoms with Crippen molar-refractivity contribution < 1.29 is 14.0 Å². The van der Waals surface area contributed by atoms with Gasteiger partial charge in [0.2, 0.25) is 11.8 Å². The molecule has 0 fully saturated rings. The summed E-state index contributed by atoms with van der Waals surface area (Å²) in [6, 6.07) is 16.7. The van der Waals surface area contributed by atoms with Crippen LogP contribution in [0.2, 0.25) is 0 Å². The van der Waals surface area contributed by atoms with E-state index in [1.807, 2.05) is 6.07 Å². The molecule has 0 bridgehead atoms. The molecule has 0 saturated carbocycles. The van der Waals surface area contributed by atoms with Crippen LogP contribution in [0.3, 0.4) is 0 Å². The lowest BCUT2D eigenvalue weighted by molar-refractivity contribution is -0.120. The molecule has 0 atom stereocenters. The summed E-state index contributed by atoms with van der Waals surface area (Å²) in [5.41, 5.74) is 2.11. The van der Waals surface area contributed by atoms with Crippen LogP contribution in [0.15, 0.2) is 73.1 Å². The quantitative estimate of drug-likeness (QED) is 0.748. The summed E-state index contributed by atoms with van der Waals surface area (Å²) in [6.45, 7) is 1.26. The van der Waals surface area contributed by atoms with Crippen LogP contribution in [-0.2, 0) is 9.59 Å². The van der Waals surface area contributed by atoms with Crippen molar-refractivity contribution in [3.8, 4) is 11.1 Å². The number of para-hydroxylation sites is 1. The van der Waals surface area contributed by atoms with Crippen LogP contribution < -0.4 is 10.2 Å². The first-order valence-corrected chi connectivity index (χ1v) is 8.37. The Morgan fingerprint density at radius 3 is 2.41 bits per heavy atom. The van der Waals surface area contributed by atoms with E-state index in [4.69, 9.17) is 0 Å². The van der Waals surface area contributed by atoms with Gasteiger partial charge >= 0.3 is 0 Å². The fourth-order valence-corrected chi connectivity index (χ4v) is 2.69. The van der Waals surface area contributed by atoms with Crippen molar-refractivity contribution in [2.24, 2.45) is 0 Å². The molecule has 0 radical (unpaired) electrons. The van der Waals surface area contributed by atoms with Gasteiger partial charge in [-0.25, -0.2) is 4.39 Å². The van der Waals surface area contributed by atoms with E-state index in [0.29, 0.717) is 22.5 Å². The highest BCUT2D eigenvalue weighted by molar-refractivity contribution is 6.02. The van der Waals surface area contributed by atoms with Crippen LogP contribution in [0.4, 0.5) is 15.8 Å². The first-order valence-electron chi connectivity index (χ1n) is 8.37. The van der Waals surface area contributed by atoms with Gasteiger partial charge in [-0.15, -0.1) is 0 Å². The fourth-order valence-electron chi connectivity index (χ4n) is 2.69. The van der Waals surface area contributed by atoms with Crippen molar-refractivity contribution in [3.63, 3.8) is 0 Å². The van der Waals surface area contributed by atoms with Gasteiger partial charge in [0.15, 0.2) is 0 Å². The molecular formula is C21H18FN3O2. The number of nitrogens with zero attached hydrogens (tertiary/aromatic N) is 2. The number of anilines is 2. The van der Waals surface area contributed by atoms with E-state index in [0.717, 1.165) is 0 Å². The van der Waals surface area contributed by atoms with E-state index in [1.165, 1.54) is 24.0 Å². The molecule has 6 heteroatoms. The highest BCUT2D eigenvalue weighted by Gasteiger charge is 2.16. The Balaban J connectivity index is 1.77. The maximum Gasteiger partial charge on any atom is 0.244 e. The molecule has 1 N–H and O–H groups in total. The third kappa shape index (κ3) is 4.55. The molecule has 0 aliphatic rings. The Bertz CT molecular complexity index is 946. The molecule has 0 spiro atoms. The molecule has 5 nitrogen and oxygen atoms in total. The van der Waals surface area contributed by atoms with Gasteiger partial charge in [-0.2, -0.15) is 0 Å². The molecule has 0 aliphatic heterocycles. The average Bonchev–Trinajstić information content (AvgIpc) is 2.69. The molecule has 0 saturated heterocycles. The van der Waals surface area contributed by atoms with Crippen LogP contribution in [-0.4, -0.2) is 23.3 Å². The highest BCUT2D eigenvalue weighted by Crippen LogP contribution is 2.25. The summed E-state index contributed by atoms with van der Waals surface area (Å²) in [5, 5.41) is 2.72. The molecule has 1 heterocycles. The van der Waals surface area contributed by atoms with Crippen LogP contribution in [0, 0.1) is 5.82 Å². The van der Waals surface area contributed by atoms with Crippen LogP contribution >= 0.6 is 0 Å².